The molecule has 2 saturated heterocycles. The number of hydrogen-bond donors (Lipinski definition) is 2. The Bertz CT molecular complexity index is 1630. The van der Waals surface area contributed by atoms with Crippen molar-refractivity contribution in [2.45, 2.75) is 76.2 Å². The lowest BCUT2D eigenvalue weighted by molar-refractivity contribution is 0.0899. The van der Waals surface area contributed by atoms with Crippen molar-refractivity contribution in [3.8, 4) is 17.0 Å². The number of amides is 1. The number of methoxy groups -OCH3 is 1. The zero-order chi connectivity index (χ0) is 29.6. The molecule has 12 heteroatoms. The number of carboxylic acid groups (broad SMARTS) is 1. The topological polar surface area (TPSA) is 115 Å². The second-order valence-electron chi connectivity index (χ2n) is 12.5. The van der Waals surface area contributed by atoms with E-state index in [1.807, 2.05) is 41.2 Å². The number of rotatable bonds is 9. The number of anilines is 1. The highest BCUT2D eigenvalue weighted by molar-refractivity contribution is 6.76. The van der Waals surface area contributed by atoms with Crippen LogP contribution in [0, 0.1) is 0 Å². The van der Waals surface area contributed by atoms with Gasteiger partial charge in [0.1, 0.15) is 18.1 Å². The van der Waals surface area contributed by atoms with Crippen molar-refractivity contribution in [3.05, 3.63) is 41.7 Å². The fourth-order valence-corrected chi connectivity index (χ4v) is 7.37. The first-order valence-electron chi connectivity index (χ1n) is 14.5. The quantitative estimate of drug-likeness (QED) is 0.166. The summed E-state index contributed by atoms with van der Waals surface area (Å²) in [6, 6.07) is 9.25. The van der Waals surface area contributed by atoms with Crippen LogP contribution in [0.25, 0.3) is 33.2 Å². The third-order valence-corrected chi connectivity index (χ3v) is 10.5. The Morgan fingerprint density at radius 3 is 2.52 bits per heavy atom. The van der Waals surface area contributed by atoms with Gasteiger partial charge in [0.2, 0.25) is 5.88 Å². The van der Waals surface area contributed by atoms with Crippen molar-refractivity contribution in [1.29, 1.82) is 0 Å². The summed E-state index contributed by atoms with van der Waals surface area (Å²) in [4.78, 5) is 28.3. The number of nitrogens with one attached hydrogen (secondary N) is 1. The van der Waals surface area contributed by atoms with Crippen molar-refractivity contribution in [3.63, 3.8) is 0 Å². The first-order valence-corrected chi connectivity index (χ1v) is 18.5. The average molecular weight is 609 g/mol. The van der Waals surface area contributed by atoms with Crippen LogP contribution in [-0.4, -0.2) is 70.6 Å². The van der Waals surface area contributed by atoms with Crippen LogP contribution in [0.4, 0.5) is 10.6 Å². The predicted octanol–water partition coefficient (Wildman–Crippen LogP) is 6.39. The van der Waals surface area contributed by atoms with E-state index in [0.29, 0.717) is 29.8 Å². The zero-order valence-electron chi connectivity index (χ0n) is 24.4. The molecule has 3 aromatic heterocycles. The molecule has 0 radical (unpaired) electrons. The van der Waals surface area contributed by atoms with E-state index in [0.717, 1.165) is 65.2 Å². The number of benzene rings is 1. The van der Waals surface area contributed by atoms with Gasteiger partial charge in [0, 0.05) is 61.6 Å². The lowest BCUT2D eigenvalue weighted by Crippen LogP contribution is -2.50. The third kappa shape index (κ3) is 5.65. The van der Waals surface area contributed by atoms with E-state index in [9.17, 15) is 9.90 Å². The second-order valence-corrected chi connectivity index (χ2v) is 18.5. The van der Waals surface area contributed by atoms with Gasteiger partial charge in [-0.25, -0.2) is 19.7 Å². The molecule has 2 aliphatic heterocycles. The monoisotopic (exact) mass is 608 g/mol. The molecule has 0 spiro atoms. The smallest absolute Gasteiger partial charge is 0.404 e. The molecule has 2 fully saturated rings. The molecule has 1 amide bonds. The summed E-state index contributed by atoms with van der Waals surface area (Å²) < 4.78 is 13.5. The van der Waals surface area contributed by atoms with E-state index in [1.54, 1.807) is 7.11 Å². The van der Waals surface area contributed by atoms with Gasteiger partial charge in [0.15, 0.2) is 5.65 Å². The van der Waals surface area contributed by atoms with Crippen molar-refractivity contribution in [2.75, 3.05) is 18.6 Å². The molecule has 2 N–H and O–H groups in total. The Morgan fingerprint density at radius 2 is 1.83 bits per heavy atom. The summed E-state index contributed by atoms with van der Waals surface area (Å²) in [7, 11) is 0.350. The molecule has 10 nitrogen and oxygen atoms in total. The molecular formula is C30H37ClN6O4Si. The standard InChI is InChI=1S/C30H37ClN6O4Si/c1-40-25-10-6-18-5-9-22(26(31)27(18)35-25)23-16-36(17-41-11-12-42(2,3)4)29-28(23)32-15-24(34-29)37-20-7-8-21(37)14-19(13-20)33-30(38)39/h5-6,9-10,15-16,19-21,33H,7-8,11-14,17H2,1-4H3,(H,38,39)/t19-,20+,21-. The molecular weight excluding hydrogens is 572 g/mol. The molecule has 5 heterocycles. The normalized spacial score (nSPS) is 20.4. The Balaban J connectivity index is 1.38. The molecule has 222 valence electrons. The minimum atomic E-state index is -1.24. The van der Waals surface area contributed by atoms with Gasteiger partial charge in [0.05, 0.1) is 23.8 Å². The van der Waals surface area contributed by atoms with Gasteiger partial charge in [0.25, 0.3) is 0 Å². The van der Waals surface area contributed by atoms with Crippen molar-refractivity contribution < 1.29 is 19.4 Å². The van der Waals surface area contributed by atoms with Crippen LogP contribution in [0.15, 0.2) is 36.7 Å². The zero-order valence-corrected chi connectivity index (χ0v) is 26.2. The van der Waals surface area contributed by atoms with Crippen molar-refractivity contribution in [1.82, 2.24) is 24.8 Å². The number of pyridine rings is 1. The van der Waals surface area contributed by atoms with Gasteiger partial charge in [-0.3, -0.25) is 0 Å². The number of aromatic nitrogens is 4. The molecule has 0 saturated carbocycles. The van der Waals surface area contributed by atoms with E-state index in [1.165, 1.54) is 0 Å². The molecule has 4 aromatic rings. The lowest BCUT2D eigenvalue weighted by Gasteiger charge is -2.39. The molecule has 3 atom stereocenters. The highest BCUT2D eigenvalue weighted by Crippen LogP contribution is 2.41. The highest BCUT2D eigenvalue weighted by Gasteiger charge is 2.42. The fourth-order valence-electron chi connectivity index (χ4n) is 6.30. The van der Waals surface area contributed by atoms with Gasteiger partial charge in [-0.1, -0.05) is 43.4 Å². The molecule has 0 aliphatic carbocycles. The molecule has 2 bridgehead atoms. The number of piperidine rings is 1. The van der Waals surface area contributed by atoms with E-state index >= 15 is 0 Å². The maximum absolute atomic E-state index is 11.3. The minimum Gasteiger partial charge on any atom is -0.481 e. The first-order chi connectivity index (χ1) is 20.1. The van der Waals surface area contributed by atoms with Gasteiger partial charge < -0.3 is 29.4 Å². The van der Waals surface area contributed by atoms with Crippen LogP contribution in [0.5, 0.6) is 5.88 Å². The summed E-state index contributed by atoms with van der Waals surface area (Å²) in [6.07, 6.45) is 6.45. The average Bonchev–Trinajstić information content (AvgIpc) is 3.44. The molecule has 2 aliphatic rings. The van der Waals surface area contributed by atoms with Crippen LogP contribution in [-0.2, 0) is 11.5 Å². The van der Waals surface area contributed by atoms with Crippen LogP contribution in [0.3, 0.4) is 0 Å². The number of nitrogens with zero attached hydrogens (tertiary/aromatic N) is 5. The number of fused-ring (bicyclic) bond motifs is 4. The minimum absolute atomic E-state index is 0.0366. The van der Waals surface area contributed by atoms with Gasteiger partial charge >= 0.3 is 6.09 Å². The Morgan fingerprint density at radius 1 is 1.10 bits per heavy atom. The van der Waals surface area contributed by atoms with Crippen LogP contribution in [0.2, 0.25) is 30.7 Å². The summed E-state index contributed by atoms with van der Waals surface area (Å²) in [5.41, 5.74) is 3.82. The lowest BCUT2D eigenvalue weighted by atomic mass is 9.97. The van der Waals surface area contributed by atoms with E-state index in [-0.39, 0.29) is 18.1 Å². The summed E-state index contributed by atoms with van der Waals surface area (Å²) >= 11 is 6.98. The largest absolute Gasteiger partial charge is 0.481 e. The van der Waals surface area contributed by atoms with Gasteiger partial charge in [-0.05, 0) is 37.8 Å². The molecule has 0 unspecified atom stereocenters. The van der Waals surface area contributed by atoms with Gasteiger partial charge in [-0.15, -0.1) is 0 Å². The second kappa shape index (κ2) is 11.3. The summed E-state index contributed by atoms with van der Waals surface area (Å²) in [6.45, 7) is 8.06. The highest BCUT2D eigenvalue weighted by atomic mass is 35.5. The Kier molecular flexibility index (Phi) is 7.75. The molecule has 6 rings (SSSR count). The maximum atomic E-state index is 11.3. The van der Waals surface area contributed by atoms with E-state index in [2.05, 4.69) is 34.8 Å². The molecule has 42 heavy (non-hydrogen) atoms. The first kappa shape index (κ1) is 28.7. The predicted molar refractivity (Wildman–Crippen MR) is 167 cm³/mol. The number of hydrogen-bond acceptors (Lipinski definition) is 7. The maximum Gasteiger partial charge on any atom is 0.404 e. The van der Waals surface area contributed by atoms with Crippen LogP contribution >= 0.6 is 11.6 Å². The Hall–Kier alpha value is -3.41. The van der Waals surface area contributed by atoms with Crippen molar-refractivity contribution in [2.24, 2.45) is 0 Å². The van der Waals surface area contributed by atoms with E-state index < -0.39 is 14.2 Å². The SMILES string of the molecule is COc1ccc2ccc(-c3cn(COCC[Si](C)(C)C)c4nc(N5[C@@H]6CC[C@H]5C[C@@H](NC(=O)O)C6)cnc34)c(Cl)c2n1. The molecule has 1 aromatic carbocycles. The van der Waals surface area contributed by atoms with Gasteiger partial charge in [-0.2, -0.15) is 0 Å². The fraction of sp³-hybridized carbons (Fsp3) is 0.467. The number of carbonyl (C=O) groups is 1. The van der Waals surface area contributed by atoms with Crippen LogP contribution < -0.4 is 15.0 Å². The van der Waals surface area contributed by atoms with Crippen LogP contribution in [0.1, 0.15) is 25.7 Å². The number of halogens is 1. The third-order valence-electron chi connectivity index (χ3n) is 8.38. The summed E-state index contributed by atoms with van der Waals surface area (Å²) in [5.74, 6) is 1.31. The summed E-state index contributed by atoms with van der Waals surface area (Å²) in [5, 5.41) is 13.4. The number of ether oxygens (including phenoxy) is 2. The van der Waals surface area contributed by atoms with Crippen molar-refractivity contribution >= 4 is 53.7 Å². The Labute approximate surface area is 251 Å². The van der Waals surface area contributed by atoms with E-state index in [4.69, 9.17) is 31.0 Å².